The van der Waals surface area contributed by atoms with Crippen LogP contribution >= 0.6 is 0 Å². The Balaban J connectivity index is 0.000000331. The SMILES string of the molecule is NCCN1CCC(Cc2nc3cccnc3n2Cc2ccco2)CC1.O=C(O)/C=C/C(=O)O. The number of nitrogens with two attached hydrogens (primary N) is 1. The minimum atomic E-state index is -1.26. The fourth-order valence-corrected chi connectivity index (χ4v) is 3.88. The van der Waals surface area contributed by atoms with Crippen molar-refractivity contribution in [2.45, 2.75) is 25.8 Å². The van der Waals surface area contributed by atoms with Gasteiger partial charge in [-0.1, -0.05) is 0 Å². The molecule has 4 heterocycles. The molecule has 1 aliphatic heterocycles. The van der Waals surface area contributed by atoms with Crippen molar-refractivity contribution in [2.75, 3.05) is 26.2 Å². The van der Waals surface area contributed by atoms with Crippen molar-refractivity contribution in [2.24, 2.45) is 11.7 Å². The van der Waals surface area contributed by atoms with Gasteiger partial charge in [0, 0.05) is 37.9 Å². The van der Waals surface area contributed by atoms with Crippen LogP contribution in [0.3, 0.4) is 0 Å². The summed E-state index contributed by atoms with van der Waals surface area (Å²) in [5.74, 6) is 0.201. The lowest BCUT2D eigenvalue weighted by Gasteiger charge is -2.31. The number of likely N-dealkylation sites (tertiary alicyclic amines) is 1. The number of piperidine rings is 1. The number of pyridine rings is 1. The summed E-state index contributed by atoms with van der Waals surface area (Å²) in [6.45, 7) is 4.71. The Morgan fingerprint density at radius 1 is 1.15 bits per heavy atom. The predicted octanol–water partition coefficient (Wildman–Crippen LogP) is 2.00. The summed E-state index contributed by atoms with van der Waals surface area (Å²) in [6, 6.07) is 7.91. The third-order valence-corrected chi connectivity index (χ3v) is 5.47. The van der Waals surface area contributed by atoms with Crippen LogP contribution in [0, 0.1) is 5.92 Å². The standard InChI is InChI=1S/C19H25N5O.C4H4O4/c20-7-11-23-9-5-15(6-10-23)13-18-22-17-4-1-8-21-19(17)24(18)14-16-3-2-12-25-16;5-3(6)1-2-4(7)8/h1-4,8,12,15H,5-7,9-11,13-14,20H2;1-2H,(H,5,6)(H,7,8)/b;2-1+. The Morgan fingerprint density at radius 2 is 1.88 bits per heavy atom. The molecule has 0 aromatic carbocycles. The Morgan fingerprint density at radius 3 is 2.48 bits per heavy atom. The van der Waals surface area contributed by atoms with Crippen LogP contribution in [0.5, 0.6) is 0 Å². The fourth-order valence-electron chi connectivity index (χ4n) is 3.88. The second-order valence-corrected chi connectivity index (χ2v) is 7.83. The number of imidazole rings is 1. The van der Waals surface area contributed by atoms with Gasteiger partial charge >= 0.3 is 11.9 Å². The molecule has 0 bridgehead atoms. The van der Waals surface area contributed by atoms with Crippen molar-refractivity contribution < 1.29 is 24.2 Å². The van der Waals surface area contributed by atoms with E-state index in [1.807, 2.05) is 30.5 Å². The Labute approximate surface area is 191 Å². The maximum absolute atomic E-state index is 9.55. The quantitative estimate of drug-likeness (QED) is 0.434. The lowest BCUT2D eigenvalue weighted by molar-refractivity contribution is -0.134. The van der Waals surface area contributed by atoms with Crippen molar-refractivity contribution in [1.82, 2.24) is 19.4 Å². The smallest absolute Gasteiger partial charge is 0.328 e. The average molecular weight is 456 g/mol. The predicted molar refractivity (Wildman–Crippen MR) is 122 cm³/mol. The molecule has 1 fully saturated rings. The molecule has 1 aliphatic rings. The molecule has 3 aromatic rings. The molecule has 0 aliphatic carbocycles. The molecule has 0 spiro atoms. The summed E-state index contributed by atoms with van der Waals surface area (Å²) < 4.78 is 7.76. The van der Waals surface area contributed by atoms with Gasteiger partial charge in [-0.05, 0) is 56.1 Å². The topological polar surface area (TPSA) is 148 Å². The van der Waals surface area contributed by atoms with E-state index in [-0.39, 0.29) is 0 Å². The average Bonchev–Trinajstić information content (AvgIpc) is 3.43. The number of aliphatic carboxylic acids is 2. The normalized spacial score (nSPS) is 14.9. The molecule has 0 unspecified atom stereocenters. The molecule has 1 saturated heterocycles. The van der Waals surface area contributed by atoms with Gasteiger partial charge in [-0.15, -0.1) is 0 Å². The van der Waals surface area contributed by atoms with Crippen LogP contribution in [0.4, 0.5) is 0 Å². The number of carboxylic acid groups (broad SMARTS) is 2. The first-order chi connectivity index (χ1) is 16.0. The highest BCUT2D eigenvalue weighted by Gasteiger charge is 2.22. The number of furan rings is 1. The third-order valence-electron chi connectivity index (χ3n) is 5.47. The van der Waals surface area contributed by atoms with Crippen molar-refractivity contribution in [3.05, 3.63) is 60.5 Å². The minimum absolute atomic E-state index is 0.558. The molecule has 33 heavy (non-hydrogen) atoms. The van der Waals surface area contributed by atoms with Gasteiger partial charge in [0.05, 0.1) is 12.8 Å². The van der Waals surface area contributed by atoms with Crippen molar-refractivity contribution in [3.63, 3.8) is 0 Å². The highest BCUT2D eigenvalue weighted by molar-refractivity contribution is 5.89. The first-order valence-electron chi connectivity index (χ1n) is 10.8. The van der Waals surface area contributed by atoms with Gasteiger partial charge in [0.15, 0.2) is 5.65 Å². The summed E-state index contributed by atoms with van der Waals surface area (Å²) in [4.78, 5) is 31.0. The van der Waals surface area contributed by atoms with E-state index in [1.54, 1.807) is 6.26 Å². The molecule has 3 aromatic heterocycles. The van der Waals surface area contributed by atoms with Gasteiger partial charge in [-0.3, -0.25) is 0 Å². The first kappa shape index (κ1) is 24.1. The molecule has 0 atom stereocenters. The van der Waals surface area contributed by atoms with Crippen LogP contribution in [0.2, 0.25) is 0 Å². The van der Waals surface area contributed by atoms with E-state index in [9.17, 15) is 9.59 Å². The number of carbonyl (C=O) groups is 2. The zero-order valence-electron chi connectivity index (χ0n) is 18.3. The summed E-state index contributed by atoms with van der Waals surface area (Å²) >= 11 is 0. The minimum Gasteiger partial charge on any atom is -0.478 e. The van der Waals surface area contributed by atoms with E-state index in [0.717, 1.165) is 55.3 Å². The number of hydrogen-bond donors (Lipinski definition) is 3. The third kappa shape index (κ3) is 7.26. The van der Waals surface area contributed by atoms with Gasteiger partial charge in [0.2, 0.25) is 0 Å². The molecule has 4 rings (SSSR count). The Kier molecular flexibility index (Phi) is 8.73. The van der Waals surface area contributed by atoms with Gasteiger partial charge in [0.25, 0.3) is 0 Å². The van der Waals surface area contributed by atoms with Gasteiger partial charge in [-0.2, -0.15) is 0 Å². The molecular weight excluding hydrogens is 426 g/mol. The van der Waals surface area contributed by atoms with Crippen molar-refractivity contribution in [1.29, 1.82) is 0 Å². The van der Waals surface area contributed by atoms with Crippen LogP contribution in [0.25, 0.3) is 11.2 Å². The van der Waals surface area contributed by atoms with Crippen LogP contribution in [0.1, 0.15) is 24.4 Å². The zero-order valence-corrected chi connectivity index (χ0v) is 18.3. The van der Waals surface area contributed by atoms with Gasteiger partial charge < -0.3 is 29.8 Å². The molecule has 176 valence electrons. The summed E-state index contributed by atoms with van der Waals surface area (Å²) in [5, 5.41) is 15.6. The highest BCUT2D eigenvalue weighted by atomic mass is 16.4. The molecule has 0 radical (unpaired) electrons. The van der Waals surface area contributed by atoms with Crippen molar-refractivity contribution in [3.8, 4) is 0 Å². The molecule has 4 N–H and O–H groups in total. The summed E-state index contributed by atoms with van der Waals surface area (Å²) in [6.07, 6.45) is 8.07. The first-order valence-corrected chi connectivity index (χ1v) is 10.8. The second-order valence-electron chi connectivity index (χ2n) is 7.83. The Hall–Kier alpha value is -3.50. The molecular formula is C23H29N5O5. The number of hydrogen-bond acceptors (Lipinski definition) is 7. The fraction of sp³-hybridized carbons (Fsp3) is 0.391. The maximum atomic E-state index is 9.55. The summed E-state index contributed by atoms with van der Waals surface area (Å²) in [7, 11) is 0. The van der Waals surface area contributed by atoms with E-state index in [0.29, 0.717) is 24.6 Å². The van der Waals surface area contributed by atoms with Crippen LogP contribution in [0.15, 0.2) is 53.3 Å². The largest absolute Gasteiger partial charge is 0.478 e. The number of fused-ring (bicyclic) bond motifs is 1. The van der Waals surface area contributed by atoms with E-state index in [1.165, 1.54) is 12.8 Å². The Bertz CT molecular complexity index is 1050. The molecule has 10 nitrogen and oxygen atoms in total. The van der Waals surface area contributed by atoms with E-state index in [2.05, 4.69) is 14.5 Å². The van der Waals surface area contributed by atoms with E-state index in [4.69, 9.17) is 25.3 Å². The van der Waals surface area contributed by atoms with Gasteiger partial charge in [0.1, 0.15) is 17.1 Å². The number of carboxylic acids is 2. The molecule has 0 saturated carbocycles. The van der Waals surface area contributed by atoms with Crippen LogP contribution in [-0.2, 0) is 22.6 Å². The van der Waals surface area contributed by atoms with Crippen LogP contribution < -0.4 is 5.73 Å². The van der Waals surface area contributed by atoms with E-state index < -0.39 is 11.9 Å². The number of rotatable bonds is 8. The molecule has 10 heteroatoms. The number of aromatic nitrogens is 3. The second kappa shape index (κ2) is 11.9. The van der Waals surface area contributed by atoms with E-state index >= 15 is 0 Å². The monoisotopic (exact) mass is 455 g/mol. The van der Waals surface area contributed by atoms with Gasteiger partial charge in [-0.25, -0.2) is 19.6 Å². The molecule has 0 amide bonds. The van der Waals surface area contributed by atoms with Crippen molar-refractivity contribution >= 4 is 23.1 Å². The summed E-state index contributed by atoms with van der Waals surface area (Å²) in [5.41, 5.74) is 7.58. The maximum Gasteiger partial charge on any atom is 0.328 e. The highest BCUT2D eigenvalue weighted by Crippen LogP contribution is 2.24. The van der Waals surface area contributed by atoms with Crippen LogP contribution in [-0.4, -0.2) is 67.8 Å². The zero-order chi connectivity index (χ0) is 23.6. The number of nitrogens with zero attached hydrogens (tertiary/aromatic N) is 4. The lowest BCUT2D eigenvalue weighted by Crippen LogP contribution is -2.37. The lowest BCUT2D eigenvalue weighted by atomic mass is 9.93.